The third kappa shape index (κ3) is 5.37. The first-order valence-electron chi connectivity index (χ1n) is 10.9. The normalized spacial score (nSPS) is 10.8. The second kappa shape index (κ2) is 10.6. The van der Waals surface area contributed by atoms with E-state index in [9.17, 15) is 14.0 Å². The van der Waals surface area contributed by atoms with Gasteiger partial charge in [0.2, 0.25) is 5.91 Å². The van der Waals surface area contributed by atoms with Crippen molar-refractivity contribution in [2.24, 2.45) is 0 Å². The molecule has 0 bridgehead atoms. The van der Waals surface area contributed by atoms with Gasteiger partial charge in [0.1, 0.15) is 23.8 Å². The maximum atomic E-state index is 13.5. The van der Waals surface area contributed by atoms with Crippen LogP contribution in [-0.4, -0.2) is 40.1 Å². The summed E-state index contributed by atoms with van der Waals surface area (Å²) in [4.78, 5) is 35.8. The van der Waals surface area contributed by atoms with Gasteiger partial charge in [0.05, 0.1) is 12.3 Å². The van der Waals surface area contributed by atoms with Gasteiger partial charge >= 0.3 is 6.09 Å². The van der Waals surface area contributed by atoms with Crippen LogP contribution >= 0.6 is 0 Å². The van der Waals surface area contributed by atoms with Crippen LogP contribution in [0.1, 0.15) is 19.8 Å². The third-order valence-corrected chi connectivity index (χ3v) is 5.15. The zero-order chi connectivity index (χ0) is 23.9. The van der Waals surface area contributed by atoms with E-state index in [4.69, 9.17) is 4.74 Å². The van der Waals surface area contributed by atoms with E-state index in [-0.39, 0.29) is 12.4 Å². The van der Waals surface area contributed by atoms with E-state index in [0.29, 0.717) is 18.1 Å². The number of hydrogen-bond donors (Lipinski definition) is 3. The number of halogens is 1. The Hall–Kier alpha value is -4.27. The van der Waals surface area contributed by atoms with Gasteiger partial charge in [-0.15, -0.1) is 0 Å². The first-order chi connectivity index (χ1) is 16.5. The number of hydrogen-bond acceptors (Lipinski definition) is 5. The highest BCUT2D eigenvalue weighted by Crippen LogP contribution is 2.38. The van der Waals surface area contributed by atoms with Gasteiger partial charge in [-0.05, 0) is 66.1 Å². The summed E-state index contributed by atoms with van der Waals surface area (Å²) in [7, 11) is 0. The van der Waals surface area contributed by atoms with Crippen molar-refractivity contribution in [3.8, 4) is 22.4 Å². The van der Waals surface area contributed by atoms with Crippen LogP contribution in [0.15, 0.2) is 60.9 Å². The van der Waals surface area contributed by atoms with Crippen molar-refractivity contribution in [2.45, 2.75) is 19.8 Å². The summed E-state index contributed by atoms with van der Waals surface area (Å²) in [5.41, 5.74) is 3.93. The topological polar surface area (TPSA) is 109 Å². The molecule has 1 aromatic carbocycles. The molecule has 0 saturated heterocycles. The van der Waals surface area contributed by atoms with Crippen LogP contribution in [0, 0.1) is 5.82 Å². The number of aromatic amines is 1. The predicted molar refractivity (Wildman–Crippen MR) is 128 cm³/mol. The number of carbonyl (C=O) groups excluding carboxylic acids is 2. The molecule has 3 N–H and O–H groups in total. The first-order valence-corrected chi connectivity index (χ1v) is 10.9. The molecule has 0 aliphatic carbocycles. The quantitative estimate of drug-likeness (QED) is 0.324. The molecule has 0 spiro atoms. The Morgan fingerprint density at radius 2 is 1.79 bits per heavy atom. The predicted octanol–water partition coefficient (Wildman–Crippen LogP) is 4.90. The number of aromatic nitrogens is 3. The minimum absolute atomic E-state index is 0.238. The molecule has 0 unspecified atom stereocenters. The van der Waals surface area contributed by atoms with Gasteiger partial charge < -0.3 is 20.4 Å². The highest BCUT2D eigenvalue weighted by atomic mass is 19.1. The highest BCUT2D eigenvalue weighted by Gasteiger charge is 2.17. The molecule has 0 aliphatic rings. The molecule has 3 heterocycles. The Labute approximate surface area is 195 Å². The third-order valence-electron chi connectivity index (χ3n) is 5.15. The van der Waals surface area contributed by atoms with Gasteiger partial charge in [-0.2, -0.15) is 0 Å². The number of nitrogens with one attached hydrogen (secondary N) is 3. The van der Waals surface area contributed by atoms with Crippen LogP contribution in [0.3, 0.4) is 0 Å². The molecule has 34 heavy (non-hydrogen) atoms. The average Bonchev–Trinajstić information content (AvgIpc) is 3.22. The maximum absolute atomic E-state index is 13.5. The number of alkyl carbamates (subject to hydrolysis) is 1. The molecule has 4 aromatic rings. The van der Waals surface area contributed by atoms with Crippen LogP contribution in [0.4, 0.5) is 15.0 Å². The lowest BCUT2D eigenvalue weighted by molar-refractivity contribution is -0.115. The van der Waals surface area contributed by atoms with Crippen LogP contribution in [-0.2, 0) is 9.53 Å². The number of rotatable bonds is 8. The van der Waals surface area contributed by atoms with Gasteiger partial charge in [0.25, 0.3) is 0 Å². The molecule has 8 nitrogen and oxygen atoms in total. The minimum atomic E-state index is -0.637. The molecule has 0 fully saturated rings. The molecule has 3 aromatic heterocycles. The van der Waals surface area contributed by atoms with Crippen molar-refractivity contribution in [2.75, 3.05) is 18.5 Å². The summed E-state index contributed by atoms with van der Waals surface area (Å²) in [5.74, 6) is -0.429. The Bertz CT molecular complexity index is 1290. The SMILES string of the molecule is CCCCOC(=O)NCC(=O)Nc1ccc2c(-c3ccncc3)c(-c3ccc(F)cc3)[nH]c2n1. The Kier molecular flexibility index (Phi) is 7.12. The number of carbonyl (C=O) groups is 2. The number of anilines is 1. The molecule has 0 saturated carbocycles. The summed E-state index contributed by atoms with van der Waals surface area (Å²) < 4.78 is 18.5. The number of benzene rings is 1. The fourth-order valence-corrected chi connectivity index (χ4v) is 3.49. The summed E-state index contributed by atoms with van der Waals surface area (Å²) in [6.45, 7) is 2.06. The van der Waals surface area contributed by atoms with Gasteiger partial charge in [0.15, 0.2) is 0 Å². The highest BCUT2D eigenvalue weighted by molar-refractivity contribution is 6.03. The van der Waals surface area contributed by atoms with Crippen LogP contribution in [0.25, 0.3) is 33.4 Å². The Morgan fingerprint density at radius 3 is 2.53 bits per heavy atom. The molecule has 0 atom stereocenters. The number of unbranched alkanes of at least 4 members (excludes halogenated alkanes) is 1. The number of pyridine rings is 2. The smallest absolute Gasteiger partial charge is 0.407 e. The Morgan fingerprint density at radius 1 is 1.03 bits per heavy atom. The molecule has 4 rings (SSSR count). The van der Waals surface area contributed by atoms with Gasteiger partial charge in [-0.3, -0.25) is 9.78 Å². The van der Waals surface area contributed by atoms with E-state index < -0.39 is 12.0 Å². The lowest BCUT2D eigenvalue weighted by Crippen LogP contribution is -2.33. The van der Waals surface area contributed by atoms with E-state index in [1.165, 1.54) is 12.1 Å². The lowest BCUT2D eigenvalue weighted by Gasteiger charge is -2.07. The van der Waals surface area contributed by atoms with E-state index in [0.717, 1.165) is 40.6 Å². The van der Waals surface area contributed by atoms with Crippen molar-refractivity contribution in [1.82, 2.24) is 20.3 Å². The summed E-state index contributed by atoms with van der Waals surface area (Å²) >= 11 is 0. The molecule has 0 aliphatic heterocycles. The van der Waals surface area contributed by atoms with Crippen molar-refractivity contribution >= 4 is 28.9 Å². The number of nitrogens with zero attached hydrogens (tertiary/aromatic N) is 2. The molecule has 0 radical (unpaired) electrons. The monoisotopic (exact) mass is 461 g/mol. The molecule has 174 valence electrons. The minimum Gasteiger partial charge on any atom is -0.450 e. The van der Waals surface area contributed by atoms with Gasteiger partial charge in [-0.25, -0.2) is 14.2 Å². The van der Waals surface area contributed by atoms with Crippen LogP contribution in [0.2, 0.25) is 0 Å². The van der Waals surface area contributed by atoms with E-state index in [1.807, 2.05) is 25.1 Å². The molecule has 9 heteroatoms. The molecule has 2 amide bonds. The van der Waals surface area contributed by atoms with Crippen molar-refractivity contribution in [3.05, 3.63) is 66.7 Å². The molecular weight excluding hydrogens is 437 g/mol. The number of ether oxygens (including phenoxy) is 1. The lowest BCUT2D eigenvalue weighted by atomic mass is 10.00. The fourth-order valence-electron chi connectivity index (χ4n) is 3.49. The van der Waals surface area contributed by atoms with E-state index in [1.54, 1.807) is 30.6 Å². The zero-order valence-corrected chi connectivity index (χ0v) is 18.6. The van der Waals surface area contributed by atoms with E-state index in [2.05, 4.69) is 25.6 Å². The second-order valence-corrected chi connectivity index (χ2v) is 7.60. The van der Waals surface area contributed by atoms with Crippen LogP contribution < -0.4 is 10.6 Å². The first kappa shape index (κ1) is 22.9. The second-order valence-electron chi connectivity index (χ2n) is 7.60. The standard InChI is InChI=1S/C25H24FN5O3/c1-2-3-14-34-25(33)28-15-21(32)29-20-9-8-19-22(16-10-12-27-13-11-16)23(31-24(19)30-20)17-4-6-18(26)7-5-17/h4-13H,2-3,14-15H2,1H3,(H,28,33)(H2,29,30,31,32). The number of amides is 2. The fraction of sp³-hybridized carbons (Fsp3) is 0.200. The van der Waals surface area contributed by atoms with Crippen molar-refractivity contribution in [3.63, 3.8) is 0 Å². The maximum Gasteiger partial charge on any atom is 0.407 e. The Balaban J connectivity index is 1.57. The number of fused-ring (bicyclic) bond motifs is 1. The summed E-state index contributed by atoms with van der Waals surface area (Å²) in [6, 6.07) is 13.5. The van der Waals surface area contributed by atoms with Gasteiger partial charge in [-0.1, -0.05) is 13.3 Å². The zero-order valence-electron chi connectivity index (χ0n) is 18.6. The van der Waals surface area contributed by atoms with Crippen molar-refractivity contribution in [1.29, 1.82) is 0 Å². The largest absolute Gasteiger partial charge is 0.450 e. The van der Waals surface area contributed by atoms with Gasteiger partial charge in [0, 0.05) is 23.3 Å². The molecular formula is C25H24FN5O3. The van der Waals surface area contributed by atoms with Crippen LogP contribution in [0.5, 0.6) is 0 Å². The van der Waals surface area contributed by atoms with Crippen molar-refractivity contribution < 1.29 is 18.7 Å². The summed E-state index contributed by atoms with van der Waals surface area (Å²) in [6.07, 6.45) is 4.44. The average molecular weight is 461 g/mol. The van der Waals surface area contributed by atoms with E-state index >= 15 is 0 Å². The summed E-state index contributed by atoms with van der Waals surface area (Å²) in [5, 5.41) is 5.92. The number of H-pyrrole nitrogens is 1.